The standard InChI is InChI=1S/C11H12ClF3N2O/c1-6(5-16)10(18)17-9-3-2-7(12)4-8(9)11(13,14)15/h2-4,6H,5,16H2,1H3,(H,17,18). The van der Waals surface area contributed by atoms with Gasteiger partial charge in [-0.1, -0.05) is 18.5 Å². The van der Waals surface area contributed by atoms with Gasteiger partial charge in [-0.05, 0) is 18.2 Å². The SMILES string of the molecule is CC(CN)C(=O)Nc1ccc(Cl)cc1C(F)(F)F. The number of benzene rings is 1. The fraction of sp³-hybridized carbons (Fsp3) is 0.364. The summed E-state index contributed by atoms with van der Waals surface area (Å²) in [5.74, 6) is -1.13. The van der Waals surface area contributed by atoms with Gasteiger partial charge in [-0.2, -0.15) is 13.2 Å². The number of carbonyl (C=O) groups excluding carboxylic acids is 1. The minimum absolute atomic E-state index is 0.0489. The van der Waals surface area contributed by atoms with E-state index in [2.05, 4.69) is 5.32 Å². The van der Waals surface area contributed by atoms with Crippen molar-refractivity contribution in [2.24, 2.45) is 11.7 Å². The Balaban J connectivity index is 3.06. The molecular weight excluding hydrogens is 269 g/mol. The fourth-order valence-corrected chi connectivity index (χ4v) is 1.40. The van der Waals surface area contributed by atoms with Crippen molar-refractivity contribution in [1.29, 1.82) is 0 Å². The number of nitrogens with one attached hydrogen (secondary N) is 1. The number of amides is 1. The first-order valence-corrected chi connectivity index (χ1v) is 5.51. The molecule has 1 aromatic carbocycles. The third-order valence-electron chi connectivity index (χ3n) is 2.35. The third-order valence-corrected chi connectivity index (χ3v) is 2.58. The van der Waals surface area contributed by atoms with Gasteiger partial charge in [0.1, 0.15) is 0 Å². The topological polar surface area (TPSA) is 55.1 Å². The second-order valence-electron chi connectivity index (χ2n) is 3.81. The smallest absolute Gasteiger partial charge is 0.330 e. The van der Waals surface area contributed by atoms with Crippen molar-refractivity contribution in [3.63, 3.8) is 0 Å². The zero-order chi connectivity index (χ0) is 13.9. The summed E-state index contributed by atoms with van der Waals surface area (Å²) in [5, 5.41) is 2.15. The Morgan fingerprint density at radius 1 is 1.50 bits per heavy atom. The monoisotopic (exact) mass is 280 g/mol. The molecule has 0 saturated carbocycles. The Kier molecular flexibility index (Phi) is 4.59. The lowest BCUT2D eigenvalue weighted by Crippen LogP contribution is -2.27. The third kappa shape index (κ3) is 3.61. The summed E-state index contributed by atoms with van der Waals surface area (Å²) in [7, 11) is 0. The van der Waals surface area contributed by atoms with Gasteiger partial charge in [0.25, 0.3) is 0 Å². The largest absolute Gasteiger partial charge is 0.418 e. The van der Waals surface area contributed by atoms with Crippen molar-refractivity contribution < 1.29 is 18.0 Å². The molecule has 0 aliphatic carbocycles. The summed E-state index contributed by atoms with van der Waals surface area (Å²) in [5.41, 5.74) is 3.97. The van der Waals surface area contributed by atoms with Crippen molar-refractivity contribution in [3.8, 4) is 0 Å². The Hall–Kier alpha value is -1.27. The van der Waals surface area contributed by atoms with E-state index in [9.17, 15) is 18.0 Å². The predicted molar refractivity (Wildman–Crippen MR) is 63.3 cm³/mol. The summed E-state index contributed by atoms with van der Waals surface area (Å²) in [4.78, 5) is 11.5. The molecule has 0 aromatic heterocycles. The van der Waals surface area contributed by atoms with Crippen LogP contribution >= 0.6 is 11.6 Å². The molecule has 100 valence electrons. The van der Waals surface area contributed by atoms with E-state index < -0.39 is 23.6 Å². The van der Waals surface area contributed by atoms with Gasteiger partial charge in [0, 0.05) is 17.5 Å². The van der Waals surface area contributed by atoms with Crippen LogP contribution in [-0.4, -0.2) is 12.5 Å². The van der Waals surface area contributed by atoms with E-state index in [-0.39, 0.29) is 17.3 Å². The Morgan fingerprint density at radius 3 is 2.61 bits per heavy atom. The molecule has 0 heterocycles. The second-order valence-corrected chi connectivity index (χ2v) is 4.25. The van der Waals surface area contributed by atoms with Crippen LogP contribution < -0.4 is 11.1 Å². The maximum atomic E-state index is 12.7. The molecule has 1 aromatic rings. The van der Waals surface area contributed by atoms with Crippen molar-refractivity contribution in [3.05, 3.63) is 28.8 Å². The summed E-state index contributed by atoms with van der Waals surface area (Å²) < 4.78 is 38.2. The zero-order valence-electron chi connectivity index (χ0n) is 9.51. The minimum atomic E-state index is -4.58. The number of rotatable bonds is 3. The highest BCUT2D eigenvalue weighted by molar-refractivity contribution is 6.30. The summed E-state index contributed by atoms with van der Waals surface area (Å²) in [6.07, 6.45) is -4.58. The lowest BCUT2D eigenvalue weighted by atomic mass is 10.1. The number of hydrogen-bond acceptors (Lipinski definition) is 2. The molecule has 0 aliphatic heterocycles. The molecular formula is C11H12ClF3N2O. The highest BCUT2D eigenvalue weighted by Gasteiger charge is 2.34. The number of nitrogens with two attached hydrogens (primary N) is 1. The van der Waals surface area contributed by atoms with Crippen molar-refractivity contribution in [2.45, 2.75) is 13.1 Å². The number of carbonyl (C=O) groups is 1. The molecule has 0 saturated heterocycles. The number of alkyl halides is 3. The van der Waals surface area contributed by atoms with Crippen LogP contribution in [0, 0.1) is 5.92 Å². The molecule has 3 nitrogen and oxygen atoms in total. The highest BCUT2D eigenvalue weighted by Crippen LogP contribution is 2.36. The van der Waals surface area contributed by atoms with Crippen molar-refractivity contribution in [2.75, 3.05) is 11.9 Å². The first-order valence-electron chi connectivity index (χ1n) is 5.13. The molecule has 3 N–H and O–H groups in total. The normalized spacial score (nSPS) is 13.2. The van der Waals surface area contributed by atoms with Gasteiger partial charge >= 0.3 is 6.18 Å². The van der Waals surface area contributed by atoms with E-state index in [0.717, 1.165) is 12.1 Å². The molecule has 0 radical (unpaired) electrons. The van der Waals surface area contributed by atoms with Gasteiger partial charge in [0.15, 0.2) is 0 Å². The van der Waals surface area contributed by atoms with Crippen LogP contribution in [0.5, 0.6) is 0 Å². The molecule has 0 bridgehead atoms. The summed E-state index contributed by atoms with van der Waals surface area (Å²) in [6, 6.07) is 3.16. The van der Waals surface area contributed by atoms with Crippen LogP contribution in [0.1, 0.15) is 12.5 Å². The highest BCUT2D eigenvalue weighted by atomic mass is 35.5. The average molecular weight is 281 g/mol. The van der Waals surface area contributed by atoms with Gasteiger partial charge in [-0.25, -0.2) is 0 Å². The quantitative estimate of drug-likeness (QED) is 0.894. The molecule has 0 aliphatic rings. The van der Waals surface area contributed by atoms with E-state index in [4.69, 9.17) is 17.3 Å². The molecule has 0 fully saturated rings. The van der Waals surface area contributed by atoms with Crippen LogP contribution in [0.25, 0.3) is 0 Å². The van der Waals surface area contributed by atoms with E-state index in [1.54, 1.807) is 0 Å². The van der Waals surface area contributed by atoms with Crippen LogP contribution in [0.2, 0.25) is 5.02 Å². The van der Waals surface area contributed by atoms with Gasteiger partial charge < -0.3 is 11.1 Å². The molecule has 1 amide bonds. The number of hydrogen-bond donors (Lipinski definition) is 2. The molecule has 1 unspecified atom stereocenters. The van der Waals surface area contributed by atoms with E-state index >= 15 is 0 Å². The maximum absolute atomic E-state index is 12.7. The average Bonchev–Trinajstić information content (AvgIpc) is 2.28. The lowest BCUT2D eigenvalue weighted by molar-refractivity contribution is -0.137. The van der Waals surface area contributed by atoms with Crippen molar-refractivity contribution in [1.82, 2.24) is 0 Å². The lowest BCUT2D eigenvalue weighted by Gasteiger charge is -2.15. The summed E-state index contributed by atoms with van der Waals surface area (Å²) >= 11 is 5.52. The van der Waals surface area contributed by atoms with Gasteiger partial charge in [-0.3, -0.25) is 4.79 Å². The Labute approximate surface area is 107 Å². The minimum Gasteiger partial charge on any atom is -0.330 e. The molecule has 7 heteroatoms. The maximum Gasteiger partial charge on any atom is 0.418 e. The van der Waals surface area contributed by atoms with Crippen molar-refractivity contribution >= 4 is 23.2 Å². The number of halogens is 4. The van der Waals surface area contributed by atoms with Crippen LogP contribution in [0.3, 0.4) is 0 Å². The van der Waals surface area contributed by atoms with Crippen LogP contribution in [0.15, 0.2) is 18.2 Å². The Morgan fingerprint density at radius 2 is 2.11 bits per heavy atom. The molecule has 1 atom stereocenters. The first kappa shape index (κ1) is 14.8. The second kappa shape index (κ2) is 5.58. The zero-order valence-corrected chi connectivity index (χ0v) is 10.3. The van der Waals surface area contributed by atoms with Crippen LogP contribution in [-0.2, 0) is 11.0 Å². The van der Waals surface area contributed by atoms with E-state index in [1.807, 2.05) is 0 Å². The molecule has 18 heavy (non-hydrogen) atoms. The van der Waals surface area contributed by atoms with Crippen LogP contribution in [0.4, 0.5) is 18.9 Å². The Bertz CT molecular complexity index is 448. The summed E-state index contributed by atoms with van der Waals surface area (Å²) in [6.45, 7) is 1.58. The van der Waals surface area contributed by atoms with Gasteiger partial charge in [0.2, 0.25) is 5.91 Å². The van der Waals surface area contributed by atoms with Gasteiger partial charge in [-0.15, -0.1) is 0 Å². The van der Waals surface area contributed by atoms with E-state index in [1.165, 1.54) is 13.0 Å². The number of anilines is 1. The fourth-order valence-electron chi connectivity index (χ4n) is 1.22. The predicted octanol–water partition coefficient (Wildman–Crippen LogP) is 2.89. The first-order chi connectivity index (χ1) is 8.25. The molecule has 0 spiro atoms. The van der Waals surface area contributed by atoms with E-state index in [0.29, 0.717) is 0 Å². The van der Waals surface area contributed by atoms with Gasteiger partial charge in [0.05, 0.1) is 11.3 Å². The molecule has 1 rings (SSSR count).